The summed E-state index contributed by atoms with van der Waals surface area (Å²) in [5.41, 5.74) is 0.995. The summed E-state index contributed by atoms with van der Waals surface area (Å²) in [7, 11) is 1.86. The highest BCUT2D eigenvalue weighted by molar-refractivity contribution is 8.14. The third-order valence-corrected chi connectivity index (χ3v) is 4.60. The Kier molecular flexibility index (Phi) is 5.19. The number of thioether (sulfide) groups is 1. The number of fused-ring (bicyclic) bond motifs is 1. The highest BCUT2D eigenvalue weighted by Gasteiger charge is 2.07. The molecular weight excluding hydrogens is 308 g/mol. The number of carbonyl (C=O) groups excluding carboxylic acids is 2. The predicted molar refractivity (Wildman–Crippen MR) is 85.7 cm³/mol. The van der Waals surface area contributed by atoms with Gasteiger partial charge in [0.05, 0.1) is 22.6 Å². The molecule has 0 spiro atoms. The smallest absolute Gasteiger partial charge is 0.258 e. The fourth-order valence-corrected chi connectivity index (χ4v) is 3.24. The van der Waals surface area contributed by atoms with Gasteiger partial charge < -0.3 is 9.30 Å². The molecule has 7 heteroatoms. The number of nitrogens with zero attached hydrogens (tertiary/aromatic N) is 2. The van der Waals surface area contributed by atoms with Crippen LogP contribution in [0.1, 0.15) is 13.8 Å². The van der Waals surface area contributed by atoms with E-state index >= 15 is 0 Å². The van der Waals surface area contributed by atoms with Gasteiger partial charge in [-0.15, -0.1) is 0 Å². The van der Waals surface area contributed by atoms with Gasteiger partial charge in [0.2, 0.25) is 0 Å². The van der Waals surface area contributed by atoms with Crippen LogP contribution in [0.3, 0.4) is 0 Å². The molecule has 21 heavy (non-hydrogen) atoms. The summed E-state index contributed by atoms with van der Waals surface area (Å²) in [6.07, 6.45) is 0. The largest absolute Gasteiger partial charge is 0.494 e. The van der Waals surface area contributed by atoms with Crippen LogP contribution in [0.4, 0.5) is 0 Å². The van der Waals surface area contributed by atoms with Gasteiger partial charge in [-0.25, -0.2) is 0 Å². The number of thiazole rings is 1. The van der Waals surface area contributed by atoms with Crippen LogP contribution in [-0.2, 0) is 16.6 Å². The van der Waals surface area contributed by atoms with Crippen LogP contribution in [-0.4, -0.2) is 27.9 Å². The fourth-order valence-electron chi connectivity index (χ4n) is 1.78. The molecular formula is C14H16N2O3S2. The zero-order valence-electron chi connectivity index (χ0n) is 12.1. The molecule has 0 radical (unpaired) electrons. The van der Waals surface area contributed by atoms with Crippen molar-refractivity contribution in [1.82, 2.24) is 4.57 Å². The molecule has 0 saturated heterocycles. The lowest BCUT2D eigenvalue weighted by atomic mass is 10.3. The number of benzene rings is 1. The number of aryl methyl sites for hydroxylation is 1. The Bertz CT molecular complexity index is 746. The summed E-state index contributed by atoms with van der Waals surface area (Å²) in [6.45, 7) is 3.98. The Morgan fingerprint density at radius 1 is 1.43 bits per heavy atom. The third kappa shape index (κ3) is 3.95. The van der Waals surface area contributed by atoms with Crippen molar-refractivity contribution in [2.45, 2.75) is 13.8 Å². The Balaban J connectivity index is 2.34. The Hall–Kier alpha value is -1.60. The van der Waals surface area contributed by atoms with E-state index in [2.05, 4.69) is 4.99 Å². The maximum atomic E-state index is 11.7. The molecule has 1 heterocycles. The summed E-state index contributed by atoms with van der Waals surface area (Å²) in [4.78, 5) is 27.3. The number of ether oxygens (including phenoxy) is 1. The van der Waals surface area contributed by atoms with Gasteiger partial charge in [-0.2, -0.15) is 4.99 Å². The van der Waals surface area contributed by atoms with E-state index in [1.54, 1.807) is 0 Å². The summed E-state index contributed by atoms with van der Waals surface area (Å²) >= 11 is 2.40. The van der Waals surface area contributed by atoms with Crippen molar-refractivity contribution in [2.24, 2.45) is 12.0 Å². The number of carbonyl (C=O) groups is 2. The van der Waals surface area contributed by atoms with Crippen LogP contribution in [0.5, 0.6) is 5.75 Å². The quantitative estimate of drug-likeness (QED) is 0.866. The molecule has 2 aromatic rings. The number of hydrogen-bond donors (Lipinski definition) is 0. The Morgan fingerprint density at radius 2 is 2.19 bits per heavy atom. The lowest BCUT2D eigenvalue weighted by Gasteiger charge is -2.02. The van der Waals surface area contributed by atoms with Crippen molar-refractivity contribution in [3.63, 3.8) is 0 Å². The van der Waals surface area contributed by atoms with Crippen LogP contribution in [0.2, 0.25) is 0 Å². The van der Waals surface area contributed by atoms with Gasteiger partial charge in [-0.05, 0) is 25.1 Å². The lowest BCUT2D eigenvalue weighted by Crippen LogP contribution is -2.14. The fraction of sp³-hybridized carbons (Fsp3) is 0.357. The number of amides is 1. The van der Waals surface area contributed by atoms with Gasteiger partial charge in [0.15, 0.2) is 9.92 Å². The molecule has 2 rings (SSSR count). The standard InChI is InChI=1S/C14H16N2O3S2/c1-4-19-10-5-6-11-12(7-10)21-14(16(11)3)15-13(18)8-20-9(2)17/h5-7H,4,8H2,1-3H3. The first-order chi connectivity index (χ1) is 10.0. The minimum atomic E-state index is -0.303. The van der Waals surface area contributed by atoms with Gasteiger partial charge in [0.25, 0.3) is 5.91 Å². The molecule has 0 N–H and O–H groups in total. The van der Waals surface area contributed by atoms with Crippen molar-refractivity contribution in [1.29, 1.82) is 0 Å². The summed E-state index contributed by atoms with van der Waals surface area (Å²) in [5.74, 6) is 0.576. The first-order valence-corrected chi connectivity index (χ1v) is 8.24. The van der Waals surface area contributed by atoms with Crippen molar-refractivity contribution in [2.75, 3.05) is 12.4 Å². The number of hydrogen-bond acceptors (Lipinski definition) is 5. The molecule has 0 atom stereocenters. The van der Waals surface area contributed by atoms with Crippen molar-refractivity contribution in [3.8, 4) is 5.75 Å². The van der Waals surface area contributed by atoms with Crippen LogP contribution >= 0.6 is 23.1 Å². The SMILES string of the molecule is CCOc1ccc2c(c1)sc(=NC(=O)CSC(C)=O)n2C. The summed E-state index contributed by atoms with van der Waals surface area (Å²) < 4.78 is 8.34. The van der Waals surface area contributed by atoms with Crippen LogP contribution in [0, 0.1) is 0 Å². The third-order valence-electron chi connectivity index (χ3n) is 2.71. The molecule has 0 unspecified atom stereocenters. The molecule has 1 aromatic carbocycles. The number of aromatic nitrogens is 1. The first kappa shape index (κ1) is 15.8. The Morgan fingerprint density at radius 3 is 2.86 bits per heavy atom. The monoisotopic (exact) mass is 324 g/mol. The highest BCUT2D eigenvalue weighted by Crippen LogP contribution is 2.22. The van der Waals surface area contributed by atoms with Gasteiger partial charge in [0.1, 0.15) is 5.75 Å². The maximum absolute atomic E-state index is 11.7. The van der Waals surface area contributed by atoms with E-state index in [0.717, 1.165) is 27.7 Å². The van der Waals surface area contributed by atoms with Crippen LogP contribution in [0.25, 0.3) is 10.2 Å². The second-order valence-corrected chi connectivity index (χ2v) is 6.45. The van der Waals surface area contributed by atoms with Gasteiger partial charge in [-0.1, -0.05) is 23.1 Å². The summed E-state index contributed by atoms with van der Waals surface area (Å²) in [5, 5.41) is -0.0828. The lowest BCUT2D eigenvalue weighted by molar-refractivity contribution is -0.116. The minimum absolute atomic E-state index is 0.0772. The molecule has 0 aliphatic rings. The van der Waals surface area contributed by atoms with E-state index in [-0.39, 0.29) is 16.8 Å². The predicted octanol–water partition coefficient (Wildman–Crippen LogP) is 2.35. The maximum Gasteiger partial charge on any atom is 0.258 e. The molecule has 1 amide bonds. The van der Waals surface area contributed by atoms with Crippen molar-refractivity contribution in [3.05, 3.63) is 23.0 Å². The van der Waals surface area contributed by atoms with Crippen molar-refractivity contribution >= 4 is 44.3 Å². The van der Waals surface area contributed by atoms with E-state index in [1.807, 2.05) is 36.7 Å². The van der Waals surface area contributed by atoms with Crippen molar-refractivity contribution < 1.29 is 14.3 Å². The molecule has 0 aliphatic carbocycles. The molecule has 0 fully saturated rings. The van der Waals surface area contributed by atoms with Crippen LogP contribution < -0.4 is 9.54 Å². The van der Waals surface area contributed by atoms with Gasteiger partial charge in [-0.3, -0.25) is 9.59 Å². The van der Waals surface area contributed by atoms with Crippen LogP contribution in [0.15, 0.2) is 23.2 Å². The average molecular weight is 324 g/mol. The van der Waals surface area contributed by atoms with E-state index in [0.29, 0.717) is 11.4 Å². The van der Waals surface area contributed by atoms with E-state index in [4.69, 9.17) is 4.74 Å². The minimum Gasteiger partial charge on any atom is -0.494 e. The molecule has 112 valence electrons. The molecule has 5 nitrogen and oxygen atoms in total. The average Bonchev–Trinajstić information content (AvgIpc) is 2.73. The van der Waals surface area contributed by atoms with Gasteiger partial charge in [0, 0.05) is 14.0 Å². The normalized spacial score (nSPS) is 11.9. The zero-order chi connectivity index (χ0) is 15.4. The highest BCUT2D eigenvalue weighted by atomic mass is 32.2. The molecule has 0 bridgehead atoms. The van der Waals surface area contributed by atoms with E-state index < -0.39 is 0 Å². The second kappa shape index (κ2) is 6.91. The zero-order valence-corrected chi connectivity index (χ0v) is 13.7. The van der Waals surface area contributed by atoms with E-state index in [9.17, 15) is 9.59 Å². The van der Waals surface area contributed by atoms with E-state index in [1.165, 1.54) is 18.3 Å². The summed E-state index contributed by atoms with van der Waals surface area (Å²) in [6, 6.07) is 5.79. The Labute approximate surface area is 130 Å². The van der Waals surface area contributed by atoms with Gasteiger partial charge >= 0.3 is 0 Å². The second-order valence-electron chi connectivity index (χ2n) is 4.29. The number of rotatable bonds is 4. The molecule has 0 aliphatic heterocycles. The molecule has 0 saturated carbocycles. The first-order valence-electron chi connectivity index (χ1n) is 6.44. The molecule has 1 aromatic heterocycles. The topological polar surface area (TPSA) is 60.7 Å².